The van der Waals surface area contributed by atoms with Crippen LogP contribution in [0.15, 0.2) is 48.5 Å². The van der Waals surface area contributed by atoms with E-state index in [1.165, 1.54) is 16.7 Å². The van der Waals surface area contributed by atoms with E-state index in [1.54, 1.807) is 4.90 Å². The van der Waals surface area contributed by atoms with Gasteiger partial charge in [-0.1, -0.05) is 54.1 Å². The molecule has 0 saturated carbocycles. The van der Waals surface area contributed by atoms with Gasteiger partial charge in [0.25, 0.3) is 0 Å². The van der Waals surface area contributed by atoms with Crippen LogP contribution in [-0.4, -0.2) is 59.9 Å². The molecule has 2 fully saturated rings. The van der Waals surface area contributed by atoms with E-state index in [0.717, 1.165) is 18.7 Å². The van der Waals surface area contributed by atoms with Gasteiger partial charge in [-0.3, -0.25) is 14.5 Å². The molecule has 2 aliphatic heterocycles. The van der Waals surface area contributed by atoms with Crippen LogP contribution in [0, 0.1) is 13.8 Å². The fourth-order valence-corrected chi connectivity index (χ4v) is 4.19. The number of rotatable bonds is 6. The van der Waals surface area contributed by atoms with E-state index in [9.17, 15) is 9.59 Å². The minimum absolute atomic E-state index is 0.0425. The molecule has 0 spiro atoms. The zero-order chi connectivity index (χ0) is 21.1. The number of ether oxygens (including phenoxy) is 1. The molecule has 6 nitrogen and oxygen atoms in total. The van der Waals surface area contributed by atoms with Gasteiger partial charge in [0.15, 0.2) is 0 Å². The first kappa shape index (κ1) is 20.6. The molecule has 0 radical (unpaired) electrons. The maximum atomic E-state index is 12.9. The summed E-state index contributed by atoms with van der Waals surface area (Å²) in [6.07, 6.45) is 0. The number of aryl methyl sites for hydroxylation is 2. The van der Waals surface area contributed by atoms with Crippen molar-refractivity contribution in [2.75, 3.05) is 26.2 Å². The second-order valence-corrected chi connectivity index (χ2v) is 8.27. The molecule has 2 heterocycles. The van der Waals surface area contributed by atoms with Crippen molar-refractivity contribution in [1.82, 2.24) is 15.1 Å². The second kappa shape index (κ2) is 8.98. The lowest BCUT2D eigenvalue weighted by molar-refractivity contribution is -0.155. The third kappa shape index (κ3) is 4.55. The van der Waals surface area contributed by atoms with Crippen LogP contribution in [0.25, 0.3) is 0 Å². The van der Waals surface area contributed by atoms with Gasteiger partial charge in [-0.25, -0.2) is 0 Å². The van der Waals surface area contributed by atoms with Crippen molar-refractivity contribution < 1.29 is 14.3 Å². The molecule has 2 aliphatic rings. The Balaban J connectivity index is 1.34. The van der Waals surface area contributed by atoms with Crippen molar-refractivity contribution >= 4 is 11.8 Å². The number of hydrogen-bond acceptors (Lipinski definition) is 4. The van der Waals surface area contributed by atoms with Crippen molar-refractivity contribution in [3.63, 3.8) is 0 Å². The molecular weight excluding hydrogens is 378 g/mol. The number of piperazine rings is 2. The normalized spacial score (nSPS) is 22.0. The van der Waals surface area contributed by atoms with Gasteiger partial charge in [-0.2, -0.15) is 0 Å². The maximum Gasteiger partial charge on any atom is 0.248 e. The van der Waals surface area contributed by atoms with E-state index in [2.05, 4.69) is 42.3 Å². The largest absolute Gasteiger partial charge is 0.374 e. The lowest BCUT2D eigenvalue weighted by Crippen LogP contribution is -2.69. The van der Waals surface area contributed by atoms with Crippen LogP contribution < -0.4 is 5.32 Å². The van der Waals surface area contributed by atoms with Gasteiger partial charge in [0, 0.05) is 26.2 Å². The second-order valence-electron chi connectivity index (χ2n) is 8.27. The summed E-state index contributed by atoms with van der Waals surface area (Å²) < 4.78 is 5.71. The Hall–Kier alpha value is -2.70. The predicted octanol–water partition coefficient (Wildman–Crippen LogP) is 2.03. The Bertz CT molecular complexity index is 915. The molecule has 6 heteroatoms. The van der Waals surface area contributed by atoms with E-state index in [0.29, 0.717) is 19.7 Å². The highest BCUT2D eigenvalue weighted by atomic mass is 16.5. The summed E-state index contributed by atoms with van der Waals surface area (Å²) in [5.74, 6) is -0.132. The Morgan fingerprint density at radius 2 is 1.87 bits per heavy atom. The van der Waals surface area contributed by atoms with Gasteiger partial charge in [-0.05, 0) is 30.5 Å². The summed E-state index contributed by atoms with van der Waals surface area (Å²) in [6.45, 7) is 7.50. The molecule has 2 saturated heterocycles. The van der Waals surface area contributed by atoms with E-state index in [1.807, 2.05) is 30.3 Å². The topological polar surface area (TPSA) is 61.9 Å². The number of carbonyl (C=O) groups is 2. The number of fused-ring (bicyclic) bond motifs is 1. The number of carbonyl (C=O) groups excluding carboxylic acids is 2. The van der Waals surface area contributed by atoms with Crippen LogP contribution in [0.5, 0.6) is 0 Å². The average molecular weight is 408 g/mol. The number of hydrogen-bond donors (Lipinski definition) is 1. The fraction of sp³-hybridized carbons (Fsp3) is 0.417. The number of amides is 2. The smallest absolute Gasteiger partial charge is 0.248 e. The van der Waals surface area contributed by atoms with E-state index >= 15 is 0 Å². The van der Waals surface area contributed by atoms with Crippen LogP contribution in [-0.2, 0) is 27.5 Å². The molecule has 2 aromatic rings. The molecule has 1 N–H and O–H groups in total. The number of nitrogens with zero attached hydrogens (tertiary/aromatic N) is 2. The average Bonchev–Trinajstić information content (AvgIpc) is 2.75. The number of benzene rings is 2. The first-order valence-corrected chi connectivity index (χ1v) is 10.5. The summed E-state index contributed by atoms with van der Waals surface area (Å²) in [5.41, 5.74) is 4.81. The first-order chi connectivity index (χ1) is 14.5. The highest BCUT2D eigenvalue weighted by Crippen LogP contribution is 2.20. The van der Waals surface area contributed by atoms with Crippen molar-refractivity contribution in [1.29, 1.82) is 0 Å². The molecule has 0 aromatic heterocycles. The number of nitrogens with one attached hydrogen (secondary N) is 1. The Kier molecular flexibility index (Phi) is 6.16. The van der Waals surface area contributed by atoms with Crippen molar-refractivity contribution in [3.05, 3.63) is 70.8 Å². The molecular formula is C24H29N3O3. The van der Waals surface area contributed by atoms with Crippen molar-refractivity contribution in [3.8, 4) is 0 Å². The first-order valence-electron chi connectivity index (χ1n) is 10.5. The molecule has 4 rings (SSSR count). The Labute approximate surface area is 177 Å². The SMILES string of the molecule is Cc1ccc(C)c(CN2CCN3C(=O)[C@H](COCc4ccccc4)NC(=O)[C@H]3C2)c1. The fourth-order valence-electron chi connectivity index (χ4n) is 4.19. The summed E-state index contributed by atoms with van der Waals surface area (Å²) in [4.78, 5) is 29.7. The highest BCUT2D eigenvalue weighted by Gasteiger charge is 2.43. The van der Waals surface area contributed by atoms with Crippen molar-refractivity contribution in [2.24, 2.45) is 0 Å². The molecule has 2 atom stereocenters. The Morgan fingerprint density at radius 1 is 1.07 bits per heavy atom. The molecule has 0 aliphatic carbocycles. The van der Waals surface area contributed by atoms with Crippen LogP contribution in [0.4, 0.5) is 0 Å². The summed E-state index contributed by atoms with van der Waals surface area (Å²) in [7, 11) is 0. The molecule has 158 valence electrons. The Morgan fingerprint density at radius 3 is 2.67 bits per heavy atom. The summed E-state index contributed by atoms with van der Waals surface area (Å²) >= 11 is 0. The van der Waals surface area contributed by atoms with Gasteiger partial charge in [0.1, 0.15) is 12.1 Å². The molecule has 2 amide bonds. The van der Waals surface area contributed by atoms with Crippen LogP contribution in [0.1, 0.15) is 22.3 Å². The minimum atomic E-state index is -0.608. The van der Waals surface area contributed by atoms with Crippen LogP contribution in [0.3, 0.4) is 0 Å². The highest BCUT2D eigenvalue weighted by molar-refractivity contribution is 5.97. The lowest BCUT2D eigenvalue weighted by Gasteiger charge is -2.45. The van der Waals surface area contributed by atoms with Crippen LogP contribution in [0.2, 0.25) is 0 Å². The lowest BCUT2D eigenvalue weighted by atomic mass is 10.0. The summed E-state index contributed by atoms with van der Waals surface area (Å²) in [6, 6.07) is 15.2. The van der Waals surface area contributed by atoms with Gasteiger partial charge in [0.2, 0.25) is 11.8 Å². The zero-order valence-corrected chi connectivity index (χ0v) is 17.6. The molecule has 0 unspecified atom stereocenters. The quantitative estimate of drug-likeness (QED) is 0.796. The molecule has 2 aromatic carbocycles. The monoisotopic (exact) mass is 407 g/mol. The van der Waals surface area contributed by atoms with E-state index in [-0.39, 0.29) is 18.4 Å². The standard InChI is InChI=1S/C24H29N3O3/c1-17-8-9-18(2)20(12-17)13-26-10-11-27-22(14-26)23(28)25-21(24(27)29)16-30-15-19-6-4-3-5-7-19/h3-9,12,21-22H,10-11,13-16H2,1-2H3,(H,25,28)/t21-,22+/m0/s1. The minimum Gasteiger partial charge on any atom is -0.374 e. The van der Waals surface area contributed by atoms with Gasteiger partial charge in [0.05, 0.1) is 13.2 Å². The van der Waals surface area contributed by atoms with E-state index < -0.39 is 12.1 Å². The van der Waals surface area contributed by atoms with Gasteiger partial charge >= 0.3 is 0 Å². The van der Waals surface area contributed by atoms with Crippen LogP contribution >= 0.6 is 0 Å². The summed E-state index contributed by atoms with van der Waals surface area (Å²) in [5, 5.41) is 2.87. The molecule has 0 bridgehead atoms. The van der Waals surface area contributed by atoms with Crippen molar-refractivity contribution in [2.45, 2.75) is 39.1 Å². The zero-order valence-electron chi connectivity index (χ0n) is 17.6. The maximum absolute atomic E-state index is 12.9. The molecule has 30 heavy (non-hydrogen) atoms. The predicted molar refractivity (Wildman–Crippen MR) is 115 cm³/mol. The third-order valence-electron chi connectivity index (χ3n) is 5.96. The third-order valence-corrected chi connectivity index (χ3v) is 5.96. The van der Waals surface area contributed by atoms with E-state index in [4.69, 9.17) is 4.74 Å². The van der Waals surface area contributed by atoms with Gasteiger partial charge < -0.3 is 15.0 Å². The van der Waals surface area contributed by atoms with Gasteiger partial charge in [-0.15, -0.1) is 0 Å².